The molecule has 20 heavy (non-hydrogen) atoms. The first kappa shape index (κ1) is 14.9. The standard InChI is InChI=1S/C17H26N2O/c1-2-14-8-9-17(20)19(12-10-14)11-4-6-15-5-3-7-16(18)13-15/h3,5,7,13-14H,2,4,6,8-12,18H2,1H3. The molecule has 1 saturated heterocycles. The quantitative estimate of drug-likeness (QED) is 0.838. The number of nitrogen functional groups attached to an aromatic ring is 1. The van der Waals surface area contributed by atoms with Gasteiger partial charge in [0.2, 0.25) is 5.91 Å². The minimum Gasteiger partial charge on any atom is -0.399 e. The molecule has 3 heteroatoms. The number of aryl methyl sites for hydroxylation is 1. The van der Waals surface area contributed by atoms with E-state index in [1.165, 1.54) is 18.4 Å². The van der Waals surface area contributed by atoms with Gasteiger partial charge in [-0.1, -0.05) is 25.5 Å². The van der Waals surface area contributed by atoms with Crippen molar-refractivity contribution in [3.63, 3.8) is 0 Å². The third kappa shape index (κ3) is 4.26. The van der Waals surface area contributed by atoms with Gasteiger partial charge in [0, 0.05) is 25.2 Å². The van der Waals surface area contributed by atoms with Crippen LogP contribution in [-0.2, 0) is 11.2 Å². The Kier molecular flexibility index (Phi) is 5.45. The number of hydrogen-bond acceptors (Lipinski definition) is 2. The highest BCUT2D eigenvalue weighted by Crippen LogP contribution is 2.21. The minimum absolute atomic E-state index is 0.341. The summed E-state index contributed by atoms with van der Waals surface area (Å²) >= 11 is 0. The molecule has 1 aromatic rings. The van der Waals surface area contributed by atoms with E-state index < -0.39 is 0 Å². The summed E-state index contributed by atoms with van der Waals surface area (Å²) in [5, 5.41) is 0. The number of benzene rings is 1. The SMILES string of the molecule is CCC1CCC(=O)N(CCCc2cccc(N)c2)CC1. The van der Waals surface area contributed by atoms with E-state index in [1.54, 1.807) is 0 Å². The van der Waals surface area contributed by atoms with Crippen LogP contribution >= 0.6 is 0 Å². The van der Waals surface area contributed by atoms with Crippen molar-refractivity contribution in [1.29, 1.82) is 0 Å². The van der Waals surface area contributed by atoms with Gasteiger partial charge in [-0.2, -0.15) is 0 Å². The van der Waals surface area contributed by atoms with Gasteiger partial charge in [-0.3, -0.25) is 4.79 Å². The molecule has 1 aliphatic rings. The first-order chi connectivity index (χ1) is 9.69. The highest BCUT2D eigenvalue weighted by Gasteiger charge is 2.20. The lowest BCUT2D eigenvalue weighted by atomic mass is 9.98. The molecule has 1 heterocycles. The van der Waals surface area contributed by atoms with Gasteiger partial charge in [0.05, 0.1) is 0 Å². The molecule has 0 radical (unpaired) electrons. The number of likely N-dealkylation sites (tertiary alicyclic amines) is 1. The Labute approximate surface area is 122 Å². The summed E-state index contributed by atoms with van der Waals surface area (Å²) in [5.74, 6) is 1.08. The third-order valence-corrected chi connectivity index (χ3v) is 4.35. The van der Waals surface area contributed by atoms with Crippen molar-refractivity contribution >= 4 is 11.6 Å². The average Bonchev–Trinajstić information content (AvgIpc) is 2.62. The van der Waals surface area contributed by atoms with E-state index in [-0.39, 0.29) is 0 Å². The molecule has 1 aromatic carbocycles. The van der Waals surface area contributed by atoms with Crippen LogP contribution in [0.3, 0.4) is 0 Å². The molecule has 0 spiro atoms. The Morgan fingerprint density at radius 1 is 1.35 bits per heavy atom. The monoisotopic (exact) mass is 274 g/mol. The number of amides is 1. The van der Waals surface area contributed by atoms with Crippen LogP contribution < -0.4 is 5.73 Å². The van der Waals surface area contributed by atoms with Crippen molar-refractivity contribution in [2.45, 2.75) is 45.4 Å². The molecule has 0 aliphatic carbocycles. The molecular formula is C17H26N2O. The summed E-state index contributed by atoms with van der Waals surface area (Å²) in [6.45, 7) is 4.04. The molecule has 1 aliphatic heterocycles. The molecule has 1 atom stereocenters. The average molecular weight is 274 g/mol. The predicted molar refractivity (Wildman–Crippen MR) is 83.4 cm³/mol. The van der Waals surface area contributed by atoms with E-state index in [2.05, 4.69) is 17.9 Å². The van der Waals surface area contributed by atoms with Crippen molar-refractivity contribution in [2.24, 2.45) is 5.92 Å². The van der Waals surface area contributed by atoms with Gasteiger partial charge in [-0.15, -0.1) is 0 Å². The van der Waals surface area contributed by atoms with Crippen molar-refractivity contribution in [3.05, 3.63) is 29.8 Å². The van der Waals surface area contributed by atoms with Crippen molar-refractivity contribution in [1.82, 2.24) is 4.90 Å². The van der Waals surface area contributed by atoms with Crippen LogP contribution in [0.25, 0.3) is 0 Å². The van der Waals surface area contributed by atoms with Gasteiger partial charge in [0.15, 0.2) is 0 Å². The molecule has 0 bridgehead atoms. The number of carbonyl (C=O) groups is 1. The third-order valence-electron chi connectivity index (χ3n) is 4.35. The molecule has 1 fully saturated rings. The van der Waals surface area contributed by atoms with Crippen LogP contribution in [-0.4, -0.2) is 23.9 Å². The van der Waals surface area contributed by atoms with E-state index in [9.17, 15) is 4.79 Å². The van der Waals surface area contributed by atoms with E-state index in [1.807, 2.05) is 18.2 Å². The maximum Gasteiger partial charge on any atom is 0.222 e. The Bertz CT molecular complexity index is 444. The van der Waals surface area contributed by atoms with Crippen molar-refractivity contribution in [2.75, 3.05) is 18.8 Å². The molecule has 2 N–H and O–H groups in total. The summed E-state index contributed by atoms with van der Waals surface area (Å²) in [6, 6.07) is 8.03. The fourth-order valence-electron chi connectivity index (χ4n) is 2.96. The van der Waals surface area contributed by atoms with Crippen LogP contribution in [0.5, 0.6) is 0 Å². The van der Waals surface area contributed by atoms with E-state index in [4.69, 9.17) is 5.73 Å². The Morgan fingerprint density at radius 2 is 2.20 bits per heavy atom. The Hall–Kier alpha value is -1.51. The first-order valence-electron chi connectivity index (χ1n) is 7.81. The van der Waals surface area contributed by atoms with Gasteiger partial charge < -0.3 is 10.6 Å². The number of nitrogens with two attached hydrogens (primary N) is 1. The molecule has 0 aromatic heterocycles. The second kappa shape index (κ2) is 7.32. The van der Waals surface area contributed by atoms with Crippen molar-refractivity contribution in [3.8, 4) is 0 Å². The summed E-state index contributed by atoms with van der Waals surface area (Å²) in [7, 11) is 0. The van der Waals surface area contributed by atoms with Crippen LogP contribution in [0.1, 0.15) is 44.6 Å². The Balaban J connectivity index is 1.79. The largest absolute Gasteiger partial charge is 0.399 e. The van der Waals surface area contributed by atoms with Gasteiger partial charge in [0.25, 0.3) is 0 Å². The number of anilines is 1. The molecule has 1 amide bonds. The van der Waals surface area contributed by atoms with Crippen molar-refractivity contribution < 1.29 is 4.79 Å². The van der Waals surface area contributed by atoms with E-state index >= 15 is 0 Å². The second-order valence-electron chi connectivity index (χ2n) is 5.83. The lowest BCUT2D eigenvalue weighted by Gasteiger charge is -2.20. The number of rotatable bonds is 5. The van der Waals surface area contributed by atoms with Gasteiger partial charge in [0.1, 0.15) is 0 Å². The number of hydrogen-bond donors (Lipinski definition) is 1. The van der Waals surface area contributed by atoms with Gasteiger partial charge in [-0.25, -0.2) is 0 Å². The van der Waals surface area contributed by atoms with Crippen LogP contribution in [0.2, 0.25) is 0 Å². The van der Waals surface area contributed by atoms with E-state index in [0.29, 0.717) is 5.91 Å². The fraction of sp³-hybridized carbons (Fsp3) is 0.588. The van der Waals surface area contributed by atoms with Crippen LogP contribution in [0.4, 0.5) is 5.69 Å². The molecule has 1 unspecified atom stereocenters. The number of nitrogens with zero attached hydrogens (tertiary/aromatic N) is 1. The zero-order chi connectivity index (χ0) is 14.4. The maximum absolute atomic E-state index is 12.1. The molecule has 2 rings (SSSR count). The van der Waals surface area contributed by atoms with Gasteiger partial charge >= 0.3 is 0 Å². The predicted octanol–water partition coefficient (Wildman–Crippen LogP) is 3.24. The highest BCUT2D eigenvalue weighted by atomic mass is 16.2. The molecule has 3 nitrogen and oxygen atoms in total. The first-order valence-corrected chi connectivity index (χ1v) is 7.81. The molecule has 110 valence electrons. The van der Waals surface area contributed by atoms with Crippen LogP contribution in [0, 0.1) is 5.92 Å². The topological polar surface area (TPSA) is 46.3 Å². The van der Waals surface area contributed by atoms with E-state index in [0.717, 1.165) is 50.4 Å². The van der Waals surface area contributed by atoms with Crippen LogP contribution in [0.15, 0.2) is 24.3 Å². The fourth-order valence-corrected chi connectivity index (χ4v) is 2.96. The maximum atomic E-state index is 12.1. The summed E-state index contributed by atoms with van der Waals surface area (Å²) in [6.07, 6.45) is 6.18. The lowest BCUT2D eigenvalue weighted by molar-refractivity contribution is -0.130. The zero-order valence-electron chi connectivity index (χ0n) is 12.5. The summed E-state index contributed by atoms with van der Waals surface area (Å²) in [4.78, 5) is 14.1. The molecule has 0 saturated carbocycles. The zero-order valence-corrected chi connectivity index (χ0v) is 12.5. The lowest BCUT2D eigenvalue weighted by Crippen LogP contribution is -2.31. The molecular weight excluding hydrogens is 248 g/mol. The number of carbonyl (C=O) groups excluding carboxylic acids is 1. The Morgan fingerprint density at radius 3 is 2.95 bits per heavy atom. The summed E-state index contributed by atoms with van der Waals surface area (Å²) in [5.41, 5.74) is 7.86. The minimum atomic E-state index is 0.341. The summed E-state index contributed by atoms with van der Waals surface area (Å²) < 4.78 is 0. The van der Waals surface area contributed by atoms with Gasteiger partial charge in [-0.05, 0) is 49.3 Å². The second-order valence-corrected chi connectivity index (χ2v) is 5.83. The smallest absolute Gasteiger partial charge is 0.222 e. The normalized spacial score (nSPS) is 19.9. The highest BCUT2D eigenvalue weighted by molar-refractivity contribution is 5.76.